The molecule has 0 atom stereocenters. The lowest BCUT2D eigenvalue weighted by molar-refractivity contribution is 0.715. The molecule has 0 unspecified atom stereocenters. The van der Waals surface area contributed by atoms with E-state index >= 15 is 0 Å². The highest BCUT2D eigenvalue weighted by Crippen LogP contribution is 2.26. The first-order valence-corrected chi connectivity index (χ1v) is 4.03. The van der Waals surface area contributed by atoms with Gasteiger partial charge < -0.3 is 0 Å². The summed E-state index contributed by atoms with van der Waals surface area (Å²) in [6.07, 6.45) is 1.19. The standard InChI is InChI=1S/C6H5N3OS/c1-4-3-11-6-8-5(10)2-7-9(4)6/h2H,1,3H2. The number of rotatable bonds is 0. The second kappa shape index (κ2) is 2.20. The maximum Gasteiger partial charge on any atom is 0.292 e. The average Bonchev–Trinajstić information content (AvgIpc) is 2.32. The molecule has 5 heteroatoms. The molecule has 11 heavy (non-hydrogen) atoms. The molecule has 0 saturated heterocycles. The van der Waals surface area contributed by atoms with Crippen molar-refractivity contribution in [3.8, 4) is 0 Å². The Labute approximate surface area is 67.0 Å². The second-order valence-electron chi connectivity index (χ2n) is 2.14. The van der Waals surface area contributed by atoms with Gasteiger partial charge in [-0.3, -0.25) is 4.79 Å². The molecule has 1 aromatic rings. The van der Waals surface area contributed by atoms with E-state index in [9.17, 15) is 4.79 Å². The van der Waals surface area contributed by atoms with Gasteiger partial charge in [0.1, 0.15) is 6.20 Å². The van der Waals surface area contributed by atoms with Crippen LogP contribution in [-0.4, -0.2) is 20.5 Å². The highest BCUT2D eigenvalue weighted by atomic mass is 32.2. The molecule has 1 aliphatic rings. The summed E-state index contributed by atoms with van der Waals surface area (Å²) < 4.78 is 1.59. The third kappa shape index (κ3) is 0.970. The van der Waals surface area contributed by atoms with E-state index in [1.165, 1.54) is 18.0 Å². The van der Waals surface area contributed by atoms with Crippen LogP contribution in [-0.2, 0) is 0 Å². The van der Waals surface area contributed by atoms with Gasteiger partial charge in [-0.15, -0.1) is 0 Å². The predicted molar refractivity (Wildman–Crippen MR) is 42.3 cm³/mol. The van der Waals surface area contributed by atoms with Crippen molar-refractivity contribution in [3.05, 3.63) is 23.1 Å². The summed E-state index contributed by atoms with van der Waals surface area (Å²) in [6.45, 7) is 3.76. The number of thioether (sulfide) groups is 1. The third-order valence-corrected chi connectivity index (χ3v) is 2.34. The molecule has 0 amide bonds. The summed E-state index contributed by atoms with van der Waals surface area (Å²) in [7, 11) is 0. The highest BCUT2D eigenvalue weighted by molar-refractivity contribution is 7.99. The van der Waals surface area contributed by atoms with E-state index in [1.807, 2.05) is 0 Å². The minimum absolute atomic E-state index is 0.293. The van der Waals surface area contributed by atoms with Crippen molar-refractivity contribution >= 4 is 17.5 Å². The van der Waals surface area contributed by atoms with Crippen molar-refractivity contribution in [2.75, 3.05) is 5.75 Å². The van der Waals surface area contributed by atoms with Crippen LogP contribution in [0.2, 0.25) is 0 Å². The topological polar surface area (TPSA) is 47.8 Å². The summed E-state index contributed by atoms with van der Waals surface area (Å²) in [6, 6.07) is 0. The third-order valence-electron chi connectivity index (χ3n) is 1.34. The van der Waals surface area contributed by atoms with Gasteiger partial charge in [0.15, 0.2) is 5.16 Å². The van der Waals surface area contributed by atoms with E-state index < -0.39 is 0 Å². The largest absolute Gasteiger partial charge is 0.292 e. The zero-order valence-electron chi connectivity index (χ0n) is 5.65. The molecule has 0 saturated carbocycles. The summed E-state index contributed by atoms with van der Waals surface area (Å²) in [5, 5.41) is 4.50. The van der Waals surface area contributed by atoms with Crippen LogP contribution in [0.5, 0.6) is 0 Å². The molecule has 0 aromatic carbocycles. The fraction of sp³-hybridized carbons (Fsp3) is 0.167. The fourth-order valence-electron chi connectivity index (χ4n) is 0.846. The zero-order valence-corrected chi connectivity index (χ0v) is 6.47. The number of nitrogens with zero attached hydrogens (tertiary/aromatic N) is 3. The van der Waals surface area contributed by atoms with Crippen molar-refractivity contribution in [2.24, 2.45) is 0 Å². The molecular weight excluding hydrogens is 162 g/mol. The molecule has 0 bridgehead atoms. The molecule has 0 radical (unpaired) electrons. The molecule has 2 rings (SSSR count). The Morgan fingerprint density at radius 3 is 3.36 bits per heavy atom. The lowest BCUT2D eigenvalue weighted by Gasteiger charge is -1.97. The van der Waals surface area contributed by atoms with Gasteiger partial charge in [-0.2, -0.15) is 10.1 Å². The van der Waals surface area contributed by atoms with E-state index in [2.05, 4.69) is 16.7 Å². The summed E-state index contributed by atoms with van der Waals surface area (Å²) >= 11 is 1.48. The van der Waals surface area contributed by atoms with Crippen LogP contribution in [0.15, 0.2) is 22.7 Å². The summed E-state index contributed by atoms with van der Waals surface area (Å²) in [5.74, 6) is 0.767. The Balaban J connectivity index is 2.68. The molecule has 0 fully saturated rings. The lowest BCUT2D eigenvalue weighted by atomic mass is 10.6. The molecule has 1 aliphatic heterocycles. The van der Waals surface area contributed by atoms with Crippen LogP contribution >= 0.6 is 11.8 Å². The van der Waals surface area contributed by atoms with Crippen LogP contribution in [0.1, 0.15) is 0 Å². The number of aromatic nitrogens is 3. The van der Waals surface area contributed by atoms with Crippen LogP contribution < -0.4 is 5.56 Å². The van der Waals surface area contributed by atoms with Crippen LogP contribution in [0.4, 0.5) is 0 Å². The van der Waals surface area contributed by atoms with Gasteiger partial charge in [0.2, 0.25) is 0 Å². The Hall–Kier alpha value is -1.10. The normalized spacial score (nSPS) is 15.1. The first-order chi connectivity index (χ1) is 5.27. The van der Waals surface area contributed by atoms with Gasteiger partial charge in [-0.1, -0.05) is 18.3 Å². The zero-order chi connectivity index (χ0) is 7.84. The van der Waals surface area contributed by atoms with E-state index in [0.29, 0.717) is 5.16 Å². The number of hydrogen-bond acceptors (Lipinski definition) is 4. The van der Waals surface area contributed by atoms with Crippen molar-refractivity contribution in [1.29, 1.82) is 0 Å². The number of hydrogen-bond donors (Lipinski definition) is 0. The molecule has 0 aliphatic carbocycles. The van der Waals surface area contributed by atoms with Gasteiger partial charge in [0.25, 0.3) is 5.56 Å². The minimum atomic E-state index is -0.293. The maximum absolute atomic E-state index is 10.7. The number of fused-ring (bicyclic) bond motifs is 1. The van der Waals surface area contributed by atoms with Crippen LogP contribution in [0, 0.1) is 0 Å². The molecule has 2 heterocycles. The molecule has 0 spiro atoms. The molecule has 1 aromatic heterocycles. The Morgan fingerprint density at radius 2 is 2.55 bits per heavy atom. The van der Waals surface area contributed by atoms with Gasteiger partial charge >= 0.3 is 0 Å². The van der Waals surface area contributed by atoms with E-state index in [-0.39, 0.29) is 5.56 Å². The SMILES string of the molecule is C=C1CSc2nc(=O)cnn21. The monoisotopic (exact) mass is 167 g/mol. The van der Waals surface area contributed by atoms with E-state index in [4.69, 9.17) is 0 Å². The average molecular weight is 167 g/mol. The minimum Gasteiger partial charge on any atom is -0.266 e. The summed E-state index contributed by atoms with van der Waals surface area (Å²) in [5.41, 5.74) is 0.580. The van der Waals surface area contributed by atoms with Crippen LogP contribution in [0.25, 0.3) is 5.70 Å². The molecule has 0 N–H and O–H groups in total. The van der Waals surface area contributed by atoms with Crippen molar-refractivity contribution in [3.63, 3.8) is 0 Å². The van der Waals surface area contributed by atoms with Gasteiger partial charge in [-0.05, 0) is 0 Å². The molecule has 56 valence electrons. The van der Waals surface area contributed by atoms with E-state index in [1.54, 1.807) is 4.68 Å². The van der Waals surface area contributed by atoms with Crippen molar-refractivity contribution < 1.29 is 0 Å². The smallest absolute Gasteiger partial charge is 0.266 e. The predicted octanol–water partition coefficient (Wildman–Crippen LogP) is 0.215. The second-order valence-corrected chi connectivity index (χ2v) is 3.09. The Kier molecular flexibility index (Phi) is 1.32. The summed E-state index contributed by atoms with van der Waals surface area (Å²) in [4.78, 5) is 14.5. The first kappa shape index (κ1) is 6.60. The lowest BCUT2D eigenvalue weighted by Crippen LogP contribution is -2.12. The van der Waals surface area contributed by atoms with E-state index in [0.717, 1.165) is 11.4 Å². The Bertz CT molecular complexity index is 370. The van der Waals surface area contributed by atoms with Crippen LogP contribution in [0.3, 0.4) is 0 Å². The van der Waals surface area contributed by atoms with Crippen molar-refractivity contribution in [1.82, 2.24) is 14.8 Å². The Morgan fingerprint density at radius 1 is 1.73 bits per heavy atom. The fourth-order valence-corrected chi connectivity index (χ4v) is 1.72. The van der Waals surface area contributed by atoms with Gasteiger partial charge in [0.05, 0.1) is 0 Å². The molecular formula is C6H5N3OS. The maximum atomic E-state index is 10.7. The molecule has 4 nitrogen and oxygen atoms in total. The van der Waals surface area contributed by atoms with Crippen molar-refractivity contribution in [2.45, 2.75) is 5.16 Å². The quantitative estimate of drug-likeness (QED) is 0.554. The van der Waals surface area contributed by atoms with Gasteiger partial charge in [0, 0.05) is 11.4 Å². The highest BCUT2D eigenvalue weighted by Gasteiger charge is 2.15. The van der Waals surface area contributed by atoms with Gasteiger partial charge in [-0.25, -0.2) is 4.68 Å². The first-order valence-electron chi connectivity index (χ1n) is 3.05.